The maximum atomic E-state index is 3.00. The molecule has 1 rings (SSSR count). The normalized spacial score (nSPS) is 31.5. The molecule has 0 aliphatic carbocycles. The van der Waals surface area contributed by atoms with Crippen molar-refractivity contribution in [3.05, 3.63) is 13.2 Å². The van der Waals surface area contributed by atoms with Crippen LogP contribution in [0.4, 0.5) is 0 Å². The molecular weight excluding hydrogens is 152 g/mol. The quantitative estimate of drug-likeness (QED) is 0.503. The summed E-state index contributed by atoms with van der Waals surface area (Å²) in [5, 5.41) is 0. The van der Waals surface area contributed by atoms with Gasteiger partial charge in [0.25, 0.3) is 0 Å². The monoisotopic (exact) mass is 172 g/mol. The van der Waals surface area contributed by atoms with Crippen LogP contribution in [-0.2, 0) is 0 Å². The molecule has 0 bridgehead atoms. The molecule has 1 fully saturated rings. The highest BCUT2D eigenvalue weighted by atomic mass is 32.2. The Morgan fingerprint density at radius 2 is 1.82 bits per heavy atom. The molecule has 1 heterocycles. The molecule has 0 nitrogen and oxygen atoms in total. The molecule has 0 aromatic rings. The minimum Gasteiger partial charge on any atom is -0.162 e. The van der Waals surface area contributed by atoms with E-state index in [-0.39, 0.29) is 0 Å². The maximum absolute atomic E-state index is 3.00. The number of hydrogen-bond acceptors (Lipinski definition) is 1. The molecular formula is C10H20S. The van der Waals surface area contributed by atoms with Crippen molar-refractivity contribution >= 4 is 11.8 Å². The molecule has 0 spiro atoms. The fourth-order valence-electron chi connectivity index (χ4n) is 1.44. The van der Waals surface area contributed by atoms with Crippen LogP contribution in [-0.4, -0.2) is 11.5 Å². The first-order valence-electron chi connectivity index (χ1n) is 4.37. The second-order valence-corrected chi connectivity index (χ2v) is 4.46. The number of thioether (sulfide) groups is 1. The van der Waals surface area contributed by atoms with Gasteiger partial charge in [0.2, 0.25) is 0 Å². The van der Waals surface area contributed by atoms with Crippen LogP contribution in [0.1, 0.15) is 26.7 Å². The summed E-state index contributed by atoms with van der Waals surface area (Å²) in [4.78, 5) is 0. The van der Waals surface area contributed by atoms with Crippen molar-refractivity contribution < 1.29 is 0 Å². The smallest absolute Gasteiger partial charge is 0.00417 e. The van der Waals surface area contributed by atoms with Crippen molar-refractivity contribution in [2.75, 3.05) is 11.5 Å². The van der Waals surface area contributed by atoms with Crippen LogP contribution in [0.2, 0.25) is 0 Å². The lowest BCUT2D eigenvalue weighted by Gasteiger charge is -2.09. The van der Waals surface area contributed by atoms with E-state index in [1.807, 2.05) is 0 Å². The first kappa shape index (κ1) is 11.1. The third kappa shape index (κ3) is 5.37. The van der Waals surface area contributed by atoms with E-state index in [0.717, 1.165) is 11.8 Å². The fraction of sp³-hybridized carbons (Fsp3) is 0.800. The van der Waals surface area contributed by atoms with Crippen LogP contribution in [0.5, 0.6) is 0 Å². The van der Waals surface area contributed by atoms with Gasteiger partial charge in [-0.25, -0.2) is 0 Å². The Morgan fingerprint density at radius 3 is 2.45 bits per heavy atom. The molecule has 1 aliphatic heterocycles. The van der Waals surface area contributed by atoms with E-state index in [1.165, 1.54) is 24.3 Å². The van der Waals surface area contributed by atoms with Crippen molar-refractivity contribution in [2.24, 2.45) is 11.8 Å². The zero-order chi connectivity index (χ0) is 8.69. The Hall–Kier alpha value is 0.0900. The van der Waals surface area contributed by atoms with Gasteiger partial charge >= 0.3 is 0 Å². The van der Waals surface area contributed by atoms with Gasteiger partial charge in [-0.2, -0.15) is 11.8 Å². The SMILES string of the molecule is C=C.C[C@@H]1CSCC[C@H](C)C1. The Bertz CT molecular complexity index is 80.9. The highest BCUT2D eigenvalue weighted by Gasteiger charge is 2.12. The predicted molar refractivity (Wildman–Crippen MR) is 56.1 cm³/mol. The first-order valence-corrected chi connectivity index (χ1v) is 5.52. The Kier molecular flexibility index (Phi) is 6.83. The molecule has 0 N–H and O–H groups in total. The van der Waals surface area contributed by atoms with Gasteiger partial charge in [0, 0.05) is 0 Å². The van der Waals surface area contributed by atoms with Gasteiger partial charge in [-0.1, -0.05) is 13.8 Å². The lowest BCUT2D eigenvalue weighted by molar-refractivity contribution is 0.444. The Balaban J connectivity index is 0.000000461. The molecule has 0 saturated carbocycles. The van der Waals surface area contributed by atoms with Crippen LogP contribution in [0.25, 0.3) is 0 Å². The summed E-state index contributed by atoms with van der Waals surface area (Å²) in [6.45, 7) is 10.7. The third-order valence-corrected chi connectivity index (χ3v) is 3.29. The summed E-state index contributed by atoms with van der Waals surface area (Å²) < 4.78 is 0. The molecule has 1 saturated heterocycles. The number of hydrogen-bond donors (Lipinski definition) is 0. The predicted octanol–water partition coefficient (Wildman–Crippen LogP) is 3.59. The average Bonchev–Trinajstić information content (AvgIpc) is 2.18. The van der Waals surface area contributed by atoms with Gasteiger partial charge in [0.05, 0.1) is 0 Å². The zero-order valence-corrected chi connectivity index (χ0v) is 8.62. The standard InChI is InChI=1S/C8H16S.C2H4/c1-7-3-4-9-6-8(2)5-7;1-2/h7-8H,3-6H2,1-2H3;1-2H2/t7-,8-;/m0./s1. The maximum Gasteiger partial charge on any atom is -0.00417 e. The van der Waals surface area contributed by atoms with Crippen LogP contribution < -0.4 is 0 Å². The highest BCUT2D eigenvalue weighted by Crippen LogP contribution is 2.25. The molecule has 0 amide bonds. The second-order valence-electron chi connectivity index (χ2n) is 3.31. The third-order valence-electron chi connectivity index (χ3n) is 1.96. The molecule has 66 valence electrons. The van der Waals surface area contributed by atoms with E-state index in [2.05, 4.69) is 38.8 Å². The lowest BCUT2D eigenvalue weighted by Crippen LogP contribution is -2.00. The van der Waals surface area contributed by atoms with Crippen molar-refractivity contribution in [2.45, 2.75) is 26.7 Å². The lowest BCUT2D eigenvalue weighted by atomic mass is 9.97. The molecule has 0 aromatic carbocycles. The van der Waals surface area contributed by atoms with Gasteiger partial charge < -0.3 is 0 Å². The summed E-state index contributed by atoms with van der Waals surface area (Å²) in [7, 11) is 0. The molecule has 2 atom stereocenters. The van der Waals surface area contributed by atoms with E-state index < -0.39 is 0 Å². The molecule has 0 radical (unpaired) electrons. The average molecular weight is 172 g/mol. The number of rotatable bonds is 0. The van der Waals surface area contributed by atoms with Crippen LogP contribution in [0.3, 0.4) is 0 Å². The summed E-state index contributed by atoms with van der Waals surface area (Å²) in [5.74, 6) is 4.73. The highest BCUT2D eigenvalue weighted by molar-refractivity contribution is 7.99. The van der Waals surface area contributed by atoms with Crippen LogP contribution in [0.15, 0.2) is 13.2 Å². The van der Waals surface area contributed by atoms with E-state index in [4.69, 9.17) is 0 Å². The van der Waals surface area contributed by atoms with Gasteiger partial charge in [-0.05, 0) is 36.2 Å². The summed E-state index contributed by atoms with van der Waals surface area (Å²) >= 11 is 2.13. The van der Waals surface area contributed by atoms with Crippen molar-refractivity contribution in [3.63, 3.8) is 0 Å². The second kappa shape index (κ2) is 6.78. The van der Waals surface area contributed by atoms with E-state index in [9.17, 15) is 0 Å². The van der Waals surface area contributed by atoms with Gasteiger partial charge in [0.1, 0.15) is 0 Å². The molecule has 0 unspecified atom stereocenters. The molecule has 0 aromatic heterocycles. The molecule has 1 heteroatoms. The largest absolute Gasteiger partial charge is 0.162 e. The fourth-order valence-corrected chi connectivity index (χ4v) is 2.72. The van der Waals surface area contributed by atoms with E-state index >= 15 is 0 Å². The summed E-state index contributed by atoms with van der Waals surface area (Å²) in [5.41, 5.74) is 0. The van der Waals surface area contributed by atoms with Crippen molar-refractivity contribution in [1.29, 1.82) is 0 Å². The van der Waals surface area contributed by atoms with Gasteiger partial charge in [-0.3, -0.25) is 0 Å². The van der Waals surface area contributed by atoms with E-state index in [0.29, 0.717) is 0 Å². The minimum absolute atomic E-state index is 0.965. The van der Waals surface area contributed by atoms with Gasteiger partial charge in [-0.15, -0.1) is 13.2 Å². The minimum atomic E-state index is 0.965. The Labute approximate surface area is 75.5 Å². The summed E-state index contributed by atoms with van der Waals surface area (Å²) in [6, 6.07) is 0. The van der Waals surface area contributed by atoms with E-state index in [1.54, 1.807) is 0 Å². The van der Waals surface area contributed by atoms with Crippen molar-refractivity contribution in [3.8, 4) is 0 Å². The van der Waals surface area contributed by atoms with Crippen LogP contribution >= 0.6 is 11.8 Å². The zero-order valence-electron chi connectivity index (χ0n) is 7.81. The molecule has 1 aliphatic rings. The van der Waals surface area contributed by atoms with Crippen LogP contribution in [0, 0.1) is 11.8 Å². The summed E-state index contributed by atoms with van der Waals surface area (Å²) in [6.07, 6.45) is 2.89. The Morgan fingerprint density at radius 1 is 1.18 bits per heavy atom. The van der Waals surface area contributed by atoms with Gasteiger partial charge in [0.15, 0.2) is 0 Å². The topological polar surface area (TPSA) is 0 Å². The van der Waals surface area contributed by atoms with Crippen molar-refractivity contribution in [1.82, 2.24) is 0 Å². The molecule has 11 heavy (non-hydrogen) atoms. The first-order chi connectivity index (χ1) is 5.29.